The van der Waals surface area contributed by atoms with Crippen molar-refractivity contribution >= 4 is 23.2 Å². The van der Waals surface area contributed by atoms with Crippen molar-refractivity contribution < 1.29 is 14.3 Å². The third-order valence-electron chi connectivity index (χ3n) is 2.48. The van der Waals surface area contributed by atoms with Gasteiger partial charge in [0.05, 0.1) is 17.1 Å². The standard InChI is InChI=1S/C14H11ClFNO2/c15-12-8-11(18)4-5-13(12)17-14(19)7-9-2-1-3-10(16)6-9/h1-6,8,18H,7H2,(H,17,19). The van der Waals surface area contributed by atoms with E-state index in [2.05, 4.69) is 5.32 Å². The third kappa shape index (κ3) is 3.69. The summed E-state index contributed by atoms with van der Waals surface area (Å²) in [6.07, 6.45) is 0.0506. The van der Waals surface area contributed by atoms with Crippen LogP contribution >= 0.6 is 11.6 Å². The second-order valence-electron chi connectivity index (χ2n) is 4.02. The van der Waals surface area contributed by atoms with Crippen LogP contribution in [0.3, 0.4) is 0 Å². The summed E-state index contributed by atoms with van der Waals surface area (Å²) in [5, 5.41) is 12.0. The minimum Gasteiger partial charge on any atom is -0.508 e. The number of anilines is 1. The van der Waals surface area contributed by atoms with E-state index in [1.807, 2.05) is 0 Å². The summed E-state index contributed by atoms with van der Waals surface area (Å²) in [5.41, 5.74) is 0.980. The van der Waals surface area contributed by atoms with E-state index in [-0.39, 0.29) is 28.9 Å². The van der Waals surface area contributed by atoms with Gasteiger partial charge in [0.1, 0.15) is 11.6 Å². The first-order valence-electron chi connectivity index (χ1n) is 5.57. The van der Waals surface area contributed by atoms with Crippen LogP contribution in [-0.4, -0.2) is 11.0 Å². The Labute approximate surface area is 114 Å². The summed E-state index contributed by atoms with van der Waals surface area (Å²) in [7, 11) is 0. The van der Waals surface area contributed by atoms with Gasteiger partial charge in [-0.05, 0) is 29.8 Å². The number of rotatable bonds is 3. The van der Waals surface area contributed by atoms with Gasteiger partial charge in [0.25, 0.3) is 0 Å². The highest BCUT2D eigenvalue weighted by Crippen LogP contribution is 2.26. The highest BCUT2D eigenvalue weighted by molar-refractivity contribution is 6.33. The van der Waals surface area contributed by atoms with Gasteiger partial charge < -0.3 is 10.4 Å². The fourth-order valence-corrected chi connectivity index (χ4v) is 1.85. The first-order valence-corrected chi connectivity index (χ1v) is 5.95. The summed E-state index contributed by atoms with van der Waals surface area (Å²) in [4.78, 5) is 11.8. The van der Waals surface area contributed by atoms with Gasteiger partial charge in [-0.2, -0.15) is 0 Å². The van der Waals surface area contributed by atoms with E-state index in [4.69, 9.17) is 11.6 Å². The number of phenols is 1. The van der Waals surface area contributed by atoms with Crippen molar-refractivity contribution in [3.63, 3.8) is 0 Å². The minimum absolute atomic E-state index is 0.0214. The van der Waals surface area contributed by atoms with Crippen LogP contribution in [0.1, 0.15) is 5.56 Å². The SMILES string of the molecule is O=C(Cc1cccc(F)c1)Nc1ccc(O)cc1Cl. The zero-order valence-electron chi connectivity index (χ0n) is 9.86. The average Bonchev–Trinajstić information content (AvgIpc) is 2.33. The molecule has 0 fully saturated rings. The van der Waals surface area contributed by atoms with Gasteiger partial charge in [-0.15, -0.1) is 0 Å². The van der Waals surface area contributed by atoms with Gasteiger partial charge in [0.2, 0.25) is 5.91 Å². The molecule has 0 aliphatic rings. The lowest BCUT2D eigenvalue weighted by Gasteiger charge is -2.07. The molecule has 2 N–H and O–H groups in total. The van der Waals surface area contributed by atoms with Crippen LogP contribution in [0.25, 0.3) is 0 Å². The van der Waals surface area contributed by atoms with Gasteiger partial charge in [0, 0.05) is 6.07 Å². The Morgan fingerprint density at radius 2 is 2.05 bits per heavy atom. The van der Waals surface area contributed by atoms with E-state index >= 15 is 0 Å². The van der Waals surface area contributed by atoms with E-state index in [1.54, 1.807) is 12.1 Å². The van der Waals surface area contributed by atoms with Gasteiger partial charge in [-0.25, -0.2) is 4.39 Å². The second kappa shape index (κ2) is 5.71. The Morgan fingerprint density at radius 3 is 2.74 bits per heavy atom. The molecule has 0 unspecified atom stereocenters. The van der Waals surface area contributed by atoms with Crippen LogP contribution in [0, 0.1) is 5.82 Å². The average molecular weight is 280 g/mol. The molecule has 19 heavy (non-hydrogen) atoms. The van der Waals surface area contributed by atoms with E-state index < -0.39 is 0 Å². The molecule has 0 atom stereocenters. The summed E-state index contributed by atoms with van der Waals surface area (Å²) in [5.74, 6) is -0.667. The predicted octanol–water partition coefficient (Wildman–Crippen LogP) is 3.37. The van der Waals surface area contributed by atoms with E-state index in [1.165, 1.54) is 30.3 Å². The number of phenolic OH excluding ortho intramolecular Hbond substituents is 1. The smallest absolute Gasteiger partial charge is 0.228 e. The fraction of sp³-hybridized carbons (Fsp3) is 0.0714. The molecule has 0 spiro atoms. The van der Waals surface area contributed by atoms with Crippen molar-refractivity contribution in [1.29, 1.82) is 0 Å². The summed E-state index contributed by atoms with van der Waals surface area (Å²) >= 11 is 5.87. The van der Waals surface area contributed by atoms with Crippen molar-refractivity contribution in [3.8, 4) is 5.75 Å². The van der Waals surface area contributed by atoms with E-state index in [9.17, 15) is 14.3 Å². The molecule has 5 heteroatoms. The summed E-state index contributed by atoms with van der Waals surface area (Å²) in [6, 6.07) is 10.1. The van der Waals surface area contributed by atoms with Crippen LogP contribution in [0.5, 0.6) is 5.75 Å². The third-order valence-corrected chi connectivity index (χ3v) is 2.79. The number of benzene rings is 2. The number of nitrogens with one attached hydrogen (secondary N) is 1. The van der Waals surface area contributed by atoms with E-state index in [0.29, 0.717) is 11.3 Å². The maximum atomic E-state index is 13.0. The van der Waals surface area contributed by atoms with E-state index in [0.717, 1.165) is 0 Å². The maximum absolute atomic E-state index is 13.0. The Balaban J connectivity index is 2.05. The number of carbonyl (C=O) groups is 1. The van der Waals surface area contributed by atoms with Gasteiger partial charge in [-0.1, -0.05) is 23.7 Å². The molecule has 0 heterocycles. The number of carbonyl (C=O) groups excluding carboxylic acids is 1. The van der Waals surface area contributed by atoms with Gasteiger partial charge in [-0.3, -0.25) is 4.79 Å². The Bertz CT molecular complexity index is 616. The number of hydrogen-bond acceptors (Lipinski definition) is 2. The molecule has 3 nitrogen and oxygen atoms in total. The molecule has 0 bridgehead atoms. The van der Waals surface area contributed by atoms with Gasteiger partial charge >= 0.3 is 0 Å². The molecular formula is C14H11ClFNO2. The van der Waals surface area contributed by atoms with Crippen LogP contribution < -0.4 is 5.32 Å². The molecule has 2 aromatic carbocycles. The lowest BCUT2D eigenvalue weighted by Crippen LogP contribution is -2.14. The van der Waals surface area contributed by atoms with Crippen molar-refractivity contribution in [2.24, 2.45) is 0 Å². The lowest BCUT2D eigenvalue weighted by molar-refractivity contribution is -0.115. The Morgan fingerprint density at radius 1 is 1.26 bits per heavy atom. The fourth-order valence-electron chi connectivity index (χ4n) is 1.63. The summed E-state index contributed by atoms with van der Waals surface area (Å²) in [6.45, 7) is 0. The molecule has 0 aliphatic carbocycles. The monoisotopic (exact) mass is 279 g/mol. The number of halogens is 2. The zero-order chi connectivity index (χ0) is 13.8. The largest absolute Gasteiger partial charge is 0.508 e. The maximum Gasteiger partial charge on any atom is 0.228 e. The van der Waals surface area contributed by atoms with Crippen molar-refractivity contribution in [3.05, 3.63) is 58.9 Å². The zero-order valence-corrected chi connectivity index (χ0v) is 10.6. The predicted molar refractivity (Wildman–Crippen MR) is 71.9 cm³/mol. The summed E-state index contributed by atoms with van der Waals surface area (Å²) < 4.78 is 13.0. The Hall–Kier alpha value is -2.07. The van der Waals surface area contributed by atoms with Crippen LogP contribution in [-0.2, 0) is 11.2 Å². The van der Waals surface area contributed by atoms with Crippen molar-refractivity contribution in [2.75, 3.05) is 5.32 Å². The quantitative estimate of drug-likeness (QED) is 0.847. The first-order chi connectivity index (χ1) is 9.04. The molecular weight excluding hydrogens is 269 g/mol. The lowest BCUT2D eigenvalue weighted by atomic mass is 10.1. The highest BCUT2D eigenvalue weighted by Gasteiger charge is 2.08. The normalized spacial score (nSPS) is 10.2. The molecule has 2 rings (SSSR count). The molecule has 0 aliphatic heterocycles. The topological polar surface area (TPSA) is 49.3 Å². The van der Waals surface area contributed by atoms with Crippen LogP contribution in [0.15, 0.2) is 42.5 Å². The van der Waals surface area contributed by atoms with Crippen LogP contribution in [0.2, 0.25) is 5.02 Å². The second-order valence-corrected chi connectivity index (χ2v) is 4.43. The van der Waals surface area contributed by atoms with Gasteiger partial charge in [0.15, 0.2) is 0 Å². The molecule has 0 saturated carbocycles. The Kier molecular flexibility index (Phi) is 4.02. The molecule has 0 aromatic heterocycles. The van der Waals surface area contributed by atoms with Crippen molar-refractivity contribution in [1.82, 2.24) is 0 Å². The number of aromatic hydroxyl groups is 1. The number of amides is 1. The molecule has 0 saturated heterocycles. The highest BCUT2D eigenvalue weighted by atomic mass is 35.5. The van der Waals surface area contributed by atoms with Crippen molar-refractivity contribution in [2.45, 2.75) is 6.42 Å². The van der Waals surface area contributed by atoms with Crippen LogP contribution in [0.4, 0.5) is 10.1 Å². The minimum atomic E-state index is -0.382. The molecule has 2 aromatic rings. The first kappa shape index (κ1) is 13.4. The molecule has 0 radical (unpaired) electrons. The molecule has 1 amide bonds. The number of hydrogen-bond donors (Lipinski definition) is 2. The molecule has 98 valence electrons.